The van der Waals surface area contributed by atoms with Gasteiger partial charge in [-0.15, -0.1) is 11.3 Å². The number of carbonyl (C=O) groups is 1. The van der Waals surface area contributed by atoms with Gasteiger partial charge >= 0.3 is 0 Å². The number of nitrogen functional groups attached to an aromatic ring is 1. The number of fused-ring (bicyclic) bond motifs is 1. The minimum absolute atomic E-state index is 0.0950. The third kappa shape index (κ3) is 3.61. The molecule has 3 N–H and O–H groups in total. The lowest BCUT2D eigenvalue weighted by molar-refractivity contribution is -0.120. The predicted molar refractivity (Wildman–Crippen MR) is 108 cm³/mol. The van der Waals surface area contributed by atoms with E-state index in [0.29, 0.717) is 21.9 Å². The molecule has 26 heavy (non-hydrogen) atoms. The van der Waals surface area contributed by atoms with Crippen LogP contribution >= 0.6 is 23.1 Å². The van der Waals surface area contributed by atoms with Gasteiger partial charge in [0.25, 0.3) is 5.56 Å². The Hall–Kier alpha value is -2.32. The number of thioether (sulfide) groups is 1. The van der Waals surface area contributed by atoms with Gasteiger partial charge in [-0.05, 0) is 18.9 Å². The first-order valence-corrected chi connectivity index (χ1v) is 10.1. The van der Waals surface area contributed by atoms with E-state index >= 15 is 0 Å². The lowest BCUT2D eigenvalue weighted by Gasteiger charge is -2.13. The fourth-order valence-corrected chi connectivity index (χ4v) is 4.34. The van der Waals surface area contributed by atoms with Gasteiger partial charge in [0.05, 0.1) is 10.6 Å². The second-order valence-corrected chi connectivity index (χ2v) is 7.98. The molecule has 0 bridgehead atoms. The maximum atomic E-state index is 12.8. The zero-order valence-electron chi connectivity index (χ0n) is 14.6. The summed E-state index contributed by atoms with van der Waals surface area (Å²) in [6, 6.07) is 9.68. The largest absolute Gasteiger partial charge is 0.355 e. The fraction of sp³-hybridized carbons (Fsp3) is 0.278. The molecule has 2 heterocycles. The monoisotopic (exact) mass is 388 g/mol. The van der Waals surface area contributed by atoms with E-state index in [1.54, 1.807) is 6.92 Å². The number of nitrogens with one attached hydrogen (secondary N) is 1. The first-order valence-electron chi connectivity index (χ1n) is 8.32. The summed E-state index contributed by atoms with van der Waals surface area (Å²) in [5.41, 5.74) is 1.47. The molecule has 8 heteroatoms. The van der Waals surface area contributed by atoms with Gasteiger partial charge in [0.15, 0.2) is 5.16 Å². The van der Waals surface area contributed by atoms with Crippen LogP contribution in [0.4, 0.5) is 0 Å². The van der Waals surface area contributed by atoms with Crippen LogP contribution in [0.5, 0.6) is 0 Å². The maximum Gasteiger partial charge on any atom is 0.282 e. The number of hydrogen-bond donors (Lipinski definition) is 2. The number of thiophene rings is 1. The van der Waals surface area contributed by atoms with Crippen LogP contribution in [0, 0.1) is 0 Å². The Labute approximate surface area is 159 Å². The second kappa shape index (κ2) is 7.92. The van der Waals surface area contributed by atoms with E-state index in [0.717, 1.165) is 22.2 Å². The van der Waals surface area contributed by atoms with Gasteiger partial charge in [-0.2, -0.15) is 0 Å². The minimum Gasteiger partial charge on any atom is -0.355 e. The minimum atomic E-state index is -0.394. The highest BCUT2D eigenvalue weighted by atomic mass is 32.2. The molecule has 0 saturated carbocycles. The maximum absolute atomic E-state index is 12.8. The summed E-state index contributed by atoms with van der Waals surface area (Å²) in [7, 11) is 0. The molecule has 136 valence electrons. The molecule has 6 nitrogen and oxygen atoms in total. The molecule has 1 aromatic carbocycles. The van der Waals surface area contributed by atoms with Crippen LogP contribution in [0.3, 0.4) is 0 Å². The molecule has 3 aromatic rings. The van der Waals surface area contributed by atoms with Crippen LogP contribution in [-0.2, 0) is 4.79 Å². The second-order valence-electron chi connectivity index (χ2n) is 5.82. The van der Waals surface area contributed by atoms with Crippen LogP contribution in [0.2, 0.25) is 0 Å². The average Bonchev–Trinajstić information content (AvgIpc) is 3.08. The van der Waals surface area contributed by atoms with Crippen LogP contribution in [0.1, 0.15) is 20.3 Å². The van der Waals surface area contributed by atoms with E-state index in [2.05, 4.69) is 10.3 Å². The number of nitrogens with two attached hydrogens (primary N) is 1. The van der Waals surface area contributed by atoms with Gasteiger partial charge < -0.3 is 11.2 Å². The Morgan fingerprint density at radius 3 is 2.81 bits per heavy atom. The molecule has 0 aliphatic carbocycles. The number of nitrogens with zero attached hydrogens (tertiary/aromatic N) is 2. The topological polar surface area (TPSA) is 90.0 Å². The van der Waals surface area contributed by atoms with E-state index in [1.165, 1.54) is 23.1 Å². The Kier molecular flexibility index (Phi) is 5.63. The fourth-order valence-electron chi connectivity index (χ4n) is 2.50. The molecule has 1 amide bonds. The van der Waals surface area contributed by atoms with Crippen molar-refractivity contribution < 1.29 is 4.79 Å². The van der Waals surface area contributed by atoms with E-state index in [9.17, 15) is 9.59 Å². The molecule has 2 aromatic heterocycles. The highest BCUT2D eigenvalue weighted by Crippen LogP contribution is 2.32. The quantitative estimate of drug-likeness (QED) is 0.385. The highest BCUT2D eigenvalue weighted by Gasteiger charge is 2.20. The number of hydrogen-bond acceptors (Lipinski definition) is 6. The van der Waals surface area contributed by atoms with Crippen LogP contribution in [0.25, 0.3) is 21.3 Å². The van der Waals surface area contributed by atoms with Crippen molar-refractivity contribution in [3.05, 3.63) is 46.1 Å². The summed E-state index contributed by atoms with van der Waals surface area (Å²) in [4.78, 5) is 30.0. The first-order chi connectivity index (χ1) is 12.5. The van der Waals surface area contributed by atoms with Crippen molar-refractivity contribution in [2.45, 2.75) is 30.7 Å². The molecule has 0 aliphatic heterocycles. The summed E-state index contributed by atoms with van der Waals surface area (Å²) in [6.45, 7) is 4.39. The van der Waals surface area contributed by atoms with Crippen LogP contribution in [0.15, 0.2) is 45.7 Å². The average molecular weight is 389 g/mol. The van der Waals surface area contributed by atoms with E-state index in [4.69, 9.17) is 5.84 Å². The van der Waals surface area contributed by atoms with Gasteiger partial charge in [-0.1, -0.05) is 49.0 Å². The first kappa shape index (κ1) is 18.5. The molecule has 1 atom stereocenters. The number of rotatable bonds is 6. The zero-order valence-corrected chi connectivity index (χ0v) is 16.2. The summed E-state index contributed by atoms with van der Waals surface area (Å²) in [5, 5.41) is 5.21. The summed E-state index contributed by atoms with van der Waals surface area (Å²) < 4.78 is 1.04. The summed E-state index contributed by atoms with van der Waals surface area (Å²) in [5.74, 6) is 5.90. The predicted octanol–water partition coefficient (Wildman–Crippen LogP) is 2.85. The van der Waals surface area contributed by atoms with Crippen molar-refractivity contribution in [1.82, 2.24) is 15.0 Å². The molecule has 0 aliphatic rings. The van der Waals surface area contributed by atoms with Gasteiger partial charge in [0, 0.05) is 17.5 Å². The summed E-state index contributed by atoms with van der Waals surface area (Å²) in [6.07, 6.45) is 0.867. The molecule has 0 radical (unpaired) electrons. The van der Waals surface area contributed by atoms with Gasteiger partial charge in [0.1, 0.15) is 4.83 Å². The van der Waals surface area contributed by atoms with E-state index in [-0.39, 0.29) is 11.5 Å². The molecular weight excluding hydrogens is 368 g/mol. The van der Waals surface area contributed by atoms with Crippen molar-refractivity contribution in [2.24, 2.45) is 0 Å². The summed E-state index contributed by atoms with van der Waals surface area (Å²) >= 11 is 2.59. The van der Waals surface area contributed by atoms with E-state index in [1.807, 2.05) is 42.6 Å². The number of benzene rings is 1. The number of amides is 1. The Bertz CT molecular complexity index is 982. The molecule has 0 saturated heterocycles. The van der Waals surface area contributed by atoms with Gasteiger partial charge in [-0.25, -0.2) is 9.66 Å². The highest BCUT2D eigenvalue weighted by molar-refractivity contribution is 8.00. The number of carbonyl (C=O) groups excluding carboxylic acids is 1. The lowest BCUT2D eigenvalue weighted by Crippen LogP contribution is -2.34. The zero-order chi connectivity index (χ0) is 18.7. The van der Waals surface area contributed by atoms with Crippen LogP contribution in [-0.4, -0.2) is 27.4 Å². The standard InChI is InChI=1S/C18H20N4O2S2/c1-3-9-20-15(23)11(2)26-18-21-16-14(17(24)22(18)19)13(10-25-16)12-7-5-4-6-8-12/h4-8,10-11H,3,9,19H2,1-2H3,(H,20,23). The van der Waals surface area contributed by atoms with Gasteiger partial charge in [-0.3, -0.25) is 9.59 Å². The number of aromatic nitrogens is 2. The van der Waals surface area contributed by atoms with Crippen molar-refractivity contribution in [2.75, 3.05) is 12.4 Å². The van der Waals surface area contributed by atoms with Gasteiger partial charge in [0.2, 0.25) is 5.91 Å². The van der Waals surface area contributed by atoms with Crippen molar-refractivity contribution in [3.63, 3.8) is 0 Å². The molecule has 0 spiro atoms. The lowest BCUT2D eigenvalue weighted by atomic mass is 10.1. The third-order valence-electron chi connectivity index (χ3n) is 3.89. The SMILES string of the molecule is CCCNC(=O)C(C)Sc1nc2scc(-c3ccccc3)c2c(=O)n1N. The molecule has 3 rings (SSSR count). The van der Waals surface area contributed by atoms with Crippen molar-refractivity contribution >= 4 is 39.2 Å². The Balaban J connectivity index is 1.97. The Morgan fingerprint density at radius 2 is 2.12 bits per heavy atom. The molecule has 0 fully saturated rings. The molecular formula is C18H20N4O2S2. The van der Waals surface area contributed by atoms with E-state index < -0.39 is 5.25 Å². The van der Waals surface area contributed by atoms with Crippen molar-refractivity contribution in [3.8, 4) is 11.1 Å². The normalized spacial score (nSPS) is 12.2. The van der Waals surface area contributed by atoms with Crippen molar-refractivity contribution in [1.29, 1.82) is 0 Å². The van der Waals surface area contributed by atoms with Crippen LogP contribution < -0.4 is 16.7 Å². The third-order valence-corrected chi connectivity index (χ3v) is 5.83. The molecule has 1 unspecified atom stereocenters. The Morgan fingerprint density at radius 1 is 1.38 bits per heavy atom. The smallest absolute Gasteiger partial charge is 0.282 e.